The maximum atomic E-state index is 12.7. The highest BCUT2D eigenvalue weighted by molar-refractivity contribution is 7.90. The number of aryl methyl sites for hydroxylation is 1. The molecule has 0 aliphatic carbocycles. The molecule has 164 valence electrons. The number of aliphatic carboxylic acids is 1. The zero-order valence-electron chi connectivity index (χ0n) is 17.1. The van der Waals surface area contributed by atoms with Crippen molar-refractivity contribution in [3.05, 3.63) is 80.6 Å². The van der Waals surface area contributed by atoms with Crippen molar-refractivity contribution in [1.82, 2.24) is 9.78 Å². The summed E-state index contributed by atoms with van der Waals surface area (Å²) in [6.45, 7) is 4.28. The number of halogens is 2. The molecule has 1 aromatic heterocycles. The van der Waals surface area contributed by atoms with Crippen molar-refractivity contribution in [2.45, 2.75) is 43.9 Å². The lowest BCUT2D eigenvalue weighted by Crippen LogP contribution is -2.07. The van der Waals surface area contributed by atoms with Gasteiger partial charge in [-0.15, -0.1) is 0 Å². The first kappa shape index (κ1) is 23.3. The van der Waals surface area contributed by atoms with Gasteiger partial charge in [0.05, 0.1) is 39.4 Å². The minimum atomic E-state index is -3.56. The van der Waals surface area contributed by atoms with Crippen molar-refractivity contribution in [1.29, 1.82) is 0 Å². The third kappa shape index (κ3) is 5.47. The molecular formula is C22H22Cl2N2O4S. The van der Waals surface area contributed by atoms with Crippen LogP contribution in [0.2, 0.25) is 10.0 Å². The Hall–Kier alpha value is -2.35. The minimum absolute atomic E-state index is 0.0550. The zero-order valence-corrected chi connectivity index (χ0v) is 19.4. The van der Waals surface area contributed by atoms with Gasteiger partial charge in [0.15, 0.2) is 9.84 Å². The number of carbonyl (C=O) groups is 1. The second-order valence-corrected chi connectivity index (χ2v) is 10.0. The van der Waals surface area contributed by atoms with Gasteiger partial charge in [-0.25, -0.2) is 8.42 Å². The maximum Gasteiger partial charge on any atom is 0.307 e. The second kappa shape index (κ2) is 9.42. The quantitative estimate of drug-likeness (QED) is 0.504. The van der Waals surface area contributed by atoms with Crippen LogP contribution in [-0.2, 0) is 39.8 Å². The number of sulfone groups is 1. The van der Waals surface area contributed by atoms with E-state index in [1.54, 1.807) is 16.8 Å². The number of rotatable bonds is 8. The number of hydrogen-bond donors (Lipinski definition) is 1. The van der Waals surface area contributed by atoms with Gasteiger partial charge in [0.25, 0.3) is 0 Å². The first-order chi connectivity index (χ1) is 14.6. The summed E-state index contributed by atoms with van der Waals surface area (Å²) in [5.74, 6) is -1.04. The molecule has 0 fully saturated rings. The summed E-state index contributed by atoms with van der Waals surface area (Å²) < 4.78 is 27.2. The first-order valence-electron chi connectivity index (χ1n) is 9.63. The molecule has 0 radical (unpaired) electrons. The molecular weight excluding hydrogens is 459 g/mol. The van der Waals surface area contributed by atoms with Gasteiger partial charge in [0.2, 0.25) is 0 Å². The molecule has 0 aliphatic rings. The number of aromatic nitrogens is 2. The molecule has 6 nitrogen and oxygen atoms in total. The fourth-order valence-electron chi connectivity index (χ4n) is 3.35. The summed E-state index contributed by atoms with van der Waals surface area (Å²) in [6.07, 6.45) is 0.600. The number of carboxylic acids is 1. The summed E-state index contributed by atoms with van der Waals surface area (Å²) in [4.78, 5) is 11.3. The van der Waals surface area contributed by atoms with E-state index in [1.807, 2.05) is 26.0 Å². The molecule has 2 aromatic carbocycles. The van der Waals surface area contributed by atoms with E-state index in [2.05, 4.69) is 5.10 Å². The molecule has 0 spiro atoms. The summed E-state index contributed by atoms with van der Waals surface area (Å²) in [6, 6.07) is 11.5. The van der Waals surface area contributed by atoms with Crippen LogP contribution in [0.5, 0.6) is 0 Å². The summed E-state index contributed by atoms with van der Waals surface area (Å²) in [5.41, 5.74) is 3.94. The normalized spacial score (nSPS) is 11.6. The fourth-order valence-corrected chi connectivity index (χ4v) is 5.09. The Morgan fingerprint density at radius 3 is 2.29 bits per heavy atom. The van der Waals surface area contributed by atoms with E-state index in [-0.39, 0.29) is 22.1 Å². The number of benzene rings is 2. The second-order valence-electron chi connectivity index (χ2n) is 7.24. The molecule has 9 heteroatoms. The van der Waals surface area contributed by atoms with Gasteiger partial charge in [-0.1, -0.05) is 54.4 Å². The van der Waals surface area contributed by atoms with Gasteiger partial charge >= 0.3 is 5.97 Å². The molecule has 0 unspecified atom stereocenters. The van der Waals surface area contributed by atoms with E-state index in [0.717, 1.165) is 22.5 Å². The van der Waals surface area contributed by atoms with Crippen molar-refractivity contribution >= 4 is 39.0 Å². The Morgan fingerprint density at radius 2 is 1.71 bits per heavy atom. The molecule has 0 aliphatic heterocycles. The smallest absolute Gasteiger partial charge is 0.307 e. The zero-order chi connectivity index (χ0) is 22.8. The average Bonchev–Trinajstić information content (AvgIpc) is 2.99. The van der Waals surface area contributed by atoms with E-state index in [0.29, 0.717) is 23.6 Å². The Bertz CT molecular complexity index is 1220. The van der Waals surface area contributed by atoms with Gasteiger partial charge in [0, 0.05) is 11.3 Å². The Labute approximate surface area is 191 Å². The molecule has 0 saturated carbocycles. The highest BCUT2D eigenvalue weighted by atomic mass is 35.5. The van der Waals surface area contributed by atoms with Crippen molar-refractivity contribution in [2.75, 3.05) is 0 Å². The van der Waals surface area contributed by atoms with Crippen LogP contribution >= 0.6 is 23.2 Å². The number of nitrogens with zero attached hydrogens (tertiary/aromatic N) is 2. The molecule has 31 heavy (non-hydrogen) atoms. The number of hydrogen-bond acceptors (Lipinski definition) is 4. The fraction of sp³-hybridized carbons (Fsp3) is 0.273. The number of carboxylic acid groups (broad SMARTS) is 1. The largest absolute Gasteiger partial charge is 0.481 e. The van der Waals surface area contributed by atoms with Crippen LogP contribution in [0.1, 0.15) is 35.0 Å². The topological polar surface area (TPSA) is 89.3 Å². The van der Waals surface area contributed by atoms with Crippen molar-refractivity contribution in [3.8, 4) is 0 Å². The minimum Gasteiger partial charge on any atom is -0.481 e. The lowest BCUT2D eigenvalue weighted by atomic mass is 10.1. The lowest BCUT2D eigenvalue weighted by Gasteiger charge is -2.08. The Morgan fingerprint density at radius 1 is 1.06 bits per heavy atom. The Balaban J connectivity index is 1.77. The lowest BCUT2D eigenvalue weighted by molar-refractivity contribution is -0.136. The SMILES string of the molecule is CCc1nn(Cc2ccc(CS(=O)(=O)c3ccc(Cl)c(Cl)c3)cc2)c(C)c1CC(=O)O. The third-order valence-corrected chi connectivity index (χ3v) is 7.46. The van der Waals surface area contributed by atoms with Gasteiger partial charge in [-0.2, -0.15) is 5.10 Å². The van der Waals surface area contributed by atoms with E-state index >= 15 is 0 Å². The van der Waals surface area contributed by atoms with Crippen LogP contribution in [0.25, 0.3) is 0 Å². The Kier molecular flexibility index (Phi) is 7.09. The van der Waals surface area contributed by atoms with Crippen molar-refractivity contribution in [3.63, 3.8) is 0 Å². The van der Waals surface area contributed by atoms with Crippen LogP contribution in [-0.4, -0.2) is 29.3 Å². The van der Waals surface area contributed by atoms with Crippen LogP contribution in [0.4, 0.5) is 0 Å². The van der Waals surface area contributed by atoms with E-state index in [1.165, 1.54) is 18.2 Å². The molecule has 0 bridgehead atoms. The van der Waals surface area contributed by atoms with E-state index in [4.69, 9.17) is 28.3 Å². The maximum absolute atomic E-state index is 12.7. The van der Waals surface area contributed by atoms with E-state index < -0.39 is 15.8 Å². The monoisotopic (exact) mass is 480 g/mol. The molecule has 3 aromatic rings. The van der Waals surface area contributed by atoms with Crippen LogP contribution in [0.15, 0.2) is 47.4 Å². The predicted molar refractivity (Wildman–Crippen MR) is 121 cm³/mol. The molecule has 3 rings (SSSR count). The van der Waals surface area contributed by atoms with Gasteiger partial charge in [-0.3, -0.25) is 9.48 Å². The van der Waals surface area contributed by atoms with Crippen LogP contribution in [0.3, 0.4) is 0 Å². The predicted octanol–water partition coefficient (Wildman–Crippen LogP) is 4.71. The molecule has 1 heterocycles. The average molecular weight is 481 g/mol. The summed E-state index contributed by atoms with van der Waals surface area (Å²) >= 11 is 11.8. The standard InChI is InChI=1S/C22H22Cl2N2O4S/c1-3-21-18(11-22(27)28)14(2)26(25-21)12-15-4-6-16(7-5-15)13-31(29,30)17-8-9-19(23)20(24)10-17/h4-10H,3,11-13H2,1-2H3,(H,27,28). The molecule has 0 saturated heterocycles. The van der Waals surface area contributed by atoms with Crippen molar-refractivity contribution in [2.24, 2.45) is 0 Å². The molecule has 0 amide bonds. The van der Waals surface area contributed by atoms with Gasteiger partial charge < -0.3 is 5.11 Å². The first-order valence-corrected chi connectivity index (χ1v) is 12.0. The highest BCUT2D eigenvalue weighted by Crippen LogP contribution is 2.27. The van der Waals surface area contributed by atoms with Gasteiger partial charge in [0.1, 0.15) is 0 Å². The third-order valence-electron chi connectivity index (χ3n) is 5.04. The van der Waals surface area contributed by atoms with E-state index in [9.17, 15) is 13.2 Å². The van der Waals surface area contributed by atoms with Crippen LogP contribution < -0.4 is 0 Å². The highest BCUT2D eigenvalue weighted by Gasteiger charge is 2.18. The van der Waals surface area contributed by atoms with Crippen LogP contribution in [0, 0.1) is 6.92 Å². The summed E-state index contributed by atoms with van der Waals surface area (Å²) in [5, 5.41) is 14.2. The molecule has 1 N–H and O–H groups in total. The molecule has 0 atom stereocenters. The van der Waals surface area contributed by atoms with Gasteiger partial charge in [-0.05, 0) is 42.7 Å². The summed E-state index contributed by atoms with van der Waals surface area (Å²) in [7, 11) is -3.56. The van der Waals surface area contributed by atoms with Crippen molar-refractivity contribution < 1.29 is 18.3 Å².